The van der Waals surface area contributed by atoms with Gasteiger partial charge in [-0.1, -0.05) is 11.2 Å². The fourth-order valence-corrected chi connectivity index (χ4v) is 2.99. The molecule has 0 saturated carbocycles. The van der Waals surface area contributed by atoms with Gasteiger partial charge in [0.05, 0.1) is 25.7 Å². The van der Waals surface area contributed by atoms with Crippen LogP contribution in [0.3, 0.4) is 0 Å². The van der Waals surface area contributed by atoms with Crippen LogP contribution in [-0.2, 0) is 17.0 Å². The van der Waals surface area contributed by atoms with Crippen LogP contribution < -0.4 is 9.47 Å². The van der Waals surface area contributed by atoms with Gasteiger partial charge >= 0.3 is 0 Å². The molecule has 1 aromatic heterocycles. The van der Waals surface area contributed by atoms with Crippen molar-refractivity contribution in [1.82, 2.24) is 15.0 Å². The number of thioether (sulfide) groups is 1. The minimum Gasteiger partial charge on any atom is -0.493 e. The molecule has 0 fully saturated rings. The van der Waals surface area contributed by atoms with Crippen molar-refractivity contribution in [3.63, 3.8) is 0 Å². The third-order valence-corrected chi connectivity index (χ3v) is 4.55. The number of nitrogens with zero attached hydrogens (tertiary/aromatic N) is 3. The van der Waals surface area contributed by atoms with Crippen LogP contribution >= 0.6 is 11.8 Å². The van der Waals surface area contributed by atoms with E-state index in [2.05, 4.69) is 10.1 Å². The van der Waals surface area contributed by atoms with Crippen molar-refractivity contribution < 1.29 is 18.8 Å². The first-order chi connectivity index (χ1) is 12.0. The highest BCUT2D eigenvalue weighted by Crippen LogP contribution is 2.27. The lowest BCUT2D eigenvalue weighted by Crippen LogP contribution is -2.30. The number of aromatic nitrogens is 2. The Balaban J connectivity index is 1.77. The van der Waals surface area contributed by atoms with Crippen LogP contribution in [0.15, 0.2) is 22.7 Å². The second kappa shape index (κ2) is 9.31. The summed E-state index contributed by atoms with van der Waals surface area (Å²) < 4.78 is 15.4. The van der Waals surface area contributed by atoms with Crippen molar-refractivity contribution >= 4 is 17.7 Å². The zero-order chi connectivity index (χ0) is 18.2. The summed E-state index contributed by atoms with van der Waals surface area (Å²) >= 11 is 1.48. The minimum atomic E-state index is 0.0747. The molecule has 0 saturated heterocycles. The molecule has 2 aromatic rings. The van der Waals surface area contributed by atoms with Gasteiger partial charge in [-0.05, 0) is 24.1 Å². The number of amides is 1. The van der Waals surface area contributed by atoms with Gasteiger partial charge < -0.3 is 18.9 Å². The van der Waals surface area contributed by atoms with Gasteiger partial charge in [-0.3, -0.25) is 4.79 Å². The number of benzene rings is 1. The second-order valence-electron chi connectivity index (χ2n) is 5.48. The van der Waals surface area contributed by atoms with Crippen molar-refractivity contribution in [1.29, 1.82) is 0 Å². The van der Waals surface area contributed by atoms with Crippen LogP contribution in [0.4, 0.5) is 0 Å². The summed E-state index contributed by atoms with van der Waals surface area (Å²) in [4.78, 5) is 18.0. The standard InChI is InChI=1S/C17H23N3O4S/c1-12-18-16(19-24-12)10-25-11-17(21)20(2)8-7-13-5-6-14(22-3)15(9-13)23-4/h5-6,9H,7-8,10-11H2,1-4H3. The van der Waals surface area contributed by atoms with Crippen LogP contribution in [0.25, 0.3) is 0 Å². The van der Waals surface area contributed by atoms with Crippen molar-refractivity contribution in [2.24, 2.45) is 0 Å². The van der Waals surface area contributed by atoms with E-state index in [1.807, 2.05) is 25.2 Å². The van der Waals surface area contributed by atoms with E-state index < -0.39 is 0 Å². The number of aryl methyl sites for hydroxylation is 1. The predicted octanol–water partition coefficient (Wildman–Crippen LogP) is 2.33. The number of ether oxygens (including phenoxy) is 2. The van der Waals surface area contributed by atoms with Crippen LogP contribution in [0.1, 0.15) is 17.3 Å². The van der Waals surface area contributed by atoms with E-state index in [9.17, 15) is 4.79 Å². The molecular formula is C17H23N3O4S. The van der Waals surface area contributed by atoms with Gasteiger partial charge in [0.2, 0.25) is 11.8 Å². The molecule has 25 heavy (non-hydrogen) atoms. The topological polar surface area (TPSA) is 77.7 Å². The number of carbonyl (C=O) groups is 1. The average molecular weight is 365 g/mol. The van der Waals surface area contributed by atoms with Gasteiger partial charge in [-0.15, -0.1) is 11.8 Å². The summed E-state index contributed by atoms with van der Waals surface area (Å²) in [5, 5.41) is 3.81. The maximum atomic E-state index is 12.2. The van der Waals surface area contributed by atoms with Crippen molar-refractivity contribution in [2.45, 2.75) is 19.1 Å². The van der Waals surface area contributed by atoms with E-state index in [1.165, 1.54) is 11.8 Å². The Morgan fingerprint density at radius 2 is 2.04 bits per heavy atom. The predicted molar refractivity (Wildman–Crippen MR) is 96.1 cm³/mol. The second-order valence-corrected chi connectivity index (χ2v) is 6.46. The fourth-order valence-electron chi connectivity index (χ4n) is 2.20. The van der Waals surface area contributed by atoms with Gasteiger partial charge in [-0.25, -0.2) is 0 Å². The molecule has 0 aliphatic heterocycles. The van der Waals surface area contributed by atoms with E-state index in [0.29, 0.717) is 41.3 Å². The molecule has 2 rings (SSSR count). The summed E-state index contributed by atoms with van der Waals surface area (Å²) in [5.74, 6) is 3.56. The smallest absolute Gasteiger partial charge is 0.232 e. The van der Waals surface area contributed by atoms with Gasteiger partial charge in [0.15, 0.2) is 17.3 Å². The molecule has 0 N–H and O–H groups in total. The van der Waals surface area contributed by atoms with E-state index in [-0.39, 0.29) is 5.91 Å². The molecule has 1 heterocycles. The molecule has 0 unspecified atom stereocenters. The monoisotopic (exact) mass is 365 g/mol. The Morgan fingerprint density at radius 3 is 2.68 bits per heavy atom. The number of hydrogen-bond donors (Lipinski definition) is 0. The van der Waals surface area contributed by atoms with Crippen LogP contribution in [-0.4, -0.2) is 54.5 Å². The van der Waals surface area contributed by atoms with Gasteiger partial charge in [0.25, 0.3) is 0 Å². The van der Waals surface area contributed by atoms with Crippen LogP contribution in [0, 0.1) is 6.92 Å². The lowest BCUT2D eigenvalue weighted by molar-refractivity contribution is -0.127. The lowest BCUT2D eigenvalue weighted by Gasteiger charge is -2.17. The summed E-state index contributed by atoms with van der Waals surface area (Å²) in [7, 11) is 5.03. The Bertz CT molecular complexity index is 705. The van der Waals surface area contributed by atoms with Crippen molar-refractivity contribution in [3.8, 4) is 11.5 Å². The molecule has 0 aliphatic carbocycles. The highest BCUT2D eigenvalue weighted by Gasteiger charge is 2.11. The molecule has 1 amide bonds. The average Bonchev–Trinajstić information content (AvgIpc) is 3.04. The number of rotatable bonds is 9. The lowest BCUT2D eigenvalue weighted by atomic mass is 10.1. The third kappa shape index (κ3) is 5.67. The molecule has 0 radical (unpaired) electrons. The zero-order valence-corrected chi connectivity index (χ0v) is 15.8. The number of likely N-dealkylation sites (N-methyl/N-ethyl adjacent to an activating group) is 1. The number of carbonyl (C=O) groups excluding carboxylic acids is 1. The van der Waals surface area contributed by atoms with E-state index >= 15 is 0 Å². The Kier molecular flexibility index (Phi) is 7.12. The highest BCUT2D eigenvalue weighted by atomic mass is 32.2. The summed E-state index contributed by atoms with van der Waals surface area (Å²) in [6.45, 7) is 2.38. The van der Waals surface area contributed by atoms with Crippen LogP contribution in [0.5, 0.6) is 11.5 Å². The normalized spacial score (nSPS) is 10.6. The highest BCUT2D eigenvalue weighted by molar-refractivity contribution is 7.99. The zero-order valence-electron chi connectivity index (χ0n) is 14.9. The van der Waals surface area contributed by atoms with Crippen molar-refractivity contribution in [2.75, 3.05) is 33.6 Å². The van der Waals surface area contributed by atoms with E-state index in [4.69, 9.17) is 14.0 Å². The van der Waals surface area contributed by atoms with Gasteiger partial charge in [-0.2, -0.15) is 4.98 Å². The van der Waals surface area contributed by atoms with Gasteiger partial charge in [0, 0.05) is 20.5 Å². The van der Waals surface area contributed by atoms with E-state index in [0.717, 1.165) is 12.0 Å². The molecule has 0 bridgehead atoms. The first-order valence-electron chi connectivity index (χ1n) is 7.85. The number of methoxy groups -OCH3 is 2. The Hall–Kier alpha value is -2.22. The molecule has 0 spiro atoms. The maximum absolute atomic E-state index is 12.2. The quantitative estimate of drug-likeness (QED) is 0.675. The fraction of sp³-hybridized carbons (Fsp3) is 0.471. The van der Waals surface area contributed by atoms with Gasteiger partial charge in [0.1, 0.15) is 0 Å². The molecular weight excluding hydrogens is 342 g/mol. The number of hydrogen-bond acceptors (Lipinski definition) is 7. The maximum Gasteiger partial charge on any atom is 0.232 e. The Labute approximate surface area is 151 Å². The molecule has 8 heteroatoms. The molecule has 1 aromatic carbocycles. The SMILES string of the molecule is COc1ccc(CCN(C)C(=O)CSCc2noc(C)n2)cc1OC. The largest absolute Gasteiger partial charge is 0.493 e. The first-order valence-corrected chi connectivity index (χ1v) is 9.00. The summed E-state index contributed by atoms with van der Waals surface area (Å²) in [6.07, 6.45) is 0.747. The Morgan fingerprint density at radius 1 is 1.28 bits per heavy atom. The third-order valence-electron chi connectivity index (χ3n) is 3.64. The van der Waals surface area contributed by atoms with E-state index in [1.54, 1.807) is 26.0 Å². The minimum absolute atomic E-state index is 0.0747. The molecule has 0 aliphatic rings. The molecule has 0 atom stereocenters. The summed E-state index contributed by atoms with van der Waals surface area (Å²) in [5.41, 5.74) is 1.09. The summed E-state index contributed by atoms with van der Waals surface area (Å²) in [6, 6.07) is 5.79. The molecule has 136 valence electrons. The molecule has 7 nitrogen and oxygen atoms in total. The van der Waals surface area contributed by atoms with Crippen molar-refractivity contribution in [3.05, 3.63) is 35.5 Å². The van der Waals surface area contributed by atoms with Crippen LogP contribution in [0.2, 0.25) is 0 Å². The first kappa shape index (κ1) is 19.1.